The summed E-state index contributed by atoms with van der Waals surface area (Å²) in [5, 5.41) is 8.10. The van der Waals surface area contributed by atoms with E-state index in [-0.39, 0.29) is 12.3 Å². The van der Waals surface area contributed by atoms with Gasteiger partial charge in [-0.15, -0.1) is 0 Å². The van der Waals surface area contributed by atoms with Crippen molar-refractivity contribution in [1.29, 1.82) is 0 Å². The van der Waals surface area contributed by atoms with Gasteiger partial charge in [0.15, 0.2) is 12.3 Å². The first-order valence-corrected chi connectivity index (χ1v) is 10.1. The second-order valence-electron chi connectivity index (χ2n) is 7.31. The van der Waals surface area contributed by atoms with Gasteiger partial charge in [0.1, 0.15) is 5.82 Å². The highest BCUT2D eigenvalue weighted by atomic mass is 19.1. The van der Waals surface area contributed by atoms with Crippen LogP contribution in [0.1, 0.15) is 23.7 Å². The highest BCUT2D eigenvalue weighted by molar-refractivity contribution is 5.92. The fraction of sp³-hybridized carbons (Fsp3) is 0.208. The Bertz CT molecular complexity index is 1250. The number of fused-ring (bicyclic) bond motifs is 1. The molecule has 0 unspecified atom stereocenters. The largest absolute Gasteiger partial charge is 0.467 e. The van der Waals surface area contributed by atoms with Gasteiger partial charge in [-0.3, -0.25) is 4.79 Å². The summed E-state index contributed by atoms with van der Waals surface area (Å²) in [7, 11) is 0. The van der Waals surface area contributed by atoms with Crippen LogP contribution in [0.4, 0.5) is 10.1 Å². The van der Waals surface area contributed by atoms with Gasteiger partial charge >= 0.3 is 0 Å². The van der Waals surface area contributed by atoms with Crippen molar-refractivity contribution in [3.63, 3.8) is 0 Å². The van der Waals surface area contributed by atoms with Crippen LogP contribution in [-0.2, 0) is 11.2 Å². The quantitative estimate of drug-likeness (QED) is 0.490. The van der Waals surface area contributed by atoms with Crippen LogP contribution in [0, 0.1) is 19.7 Å². The van der Waals surface area contributed by atoms with Crippen LogP contribution in [0.2, 0.25) is 0 Å². The molecular formula is C24H23FN4O2. The van der Waals surface area contributed by atoms with Crippen LogP contribution < -0.4 is 10.1 Å². The van der Waals surface area contributed by atoms with E-state index in [2.05, 4.69) is 34.5 Å². The Balaban J connectivity index is 1.59. The van der Waals surface area contributed by atoms with E-state index in [1.54, 1.807) is 22.9 Å². The number of halogens is 1. The number of aromatic nitrogens is 3. The first kappa shape index (κ1) is 20.5. The van der Waals surface area contributed by atoms with Crippen molar-refractivity contribution in [1.82, 2.24) is 14.8 Å². The van der Waals surface area contributed by atoms with E-state index < -0.39 is 11.7 Å². The molecule has 2 heterocycles. The molecule has 0 bridgehead atoms. The molecule has 2 aromatic carbocycles. The fourth-order valence-corrected chi connectivity index (χ4v) is 3.49. The van der Waals surface area contributed by atoms with Gasteiger partial charge in [0.2, 0.25) is 5.88 Å². The molecule has 31 heavy (non-hydrogen) atoms. The van der Waals surface area contributed by atoms with Crippen LogP contribution in [-0.4, -0.2) is 27.3 Å². The lowest BCUT2D eigenvalue weighted by molar-refractivity contribution is -0.118. The summed E-state index contributed by atoms with van der Waals surface area (Å²) in [5.74, 6) is -0.663. The monoisotopic (exact) mass is 418 g/mol. The van der Waals surface area contributed by atoms with Crippen molar-refractivity contribution in [3.8, 4) is 11.6 Å². The van der Waals surface area contributed by atoms with Crippen LogP contribution >= 0.6 is 0 Å². The number of aryl methyl sites for hydroxylation is 3. The molecule has 6 nitrogen and oxygen atoms in total. The van der Waals surface area contributed by atoms with Gasteiger partial charge in [0, 0.05) is 11.5 Å². The summed E-state index contributed by atoms with van der Waals surface area (Å²) in [6.07, 6.45) is 0.962. The number of benzene rings is 2. The number of hydrogen-bond donors (Lipinski definition) is 1. The van der Waals surface area contributed by atoms with E-state index in [1.807, 2.05) is 26.0 Å². The van der Waals surface area contributed by atoms with Gasteiger partial charge in [-0.25, -0.2) is 9.07 Å². The SMILES string of the molecule is CCc1ccc(-n2nc(C)c3c(C)cc(OCC(=O)Nc4ccccc4F)nc32)cc1. The summed E-state index contributed by atoms with van der Waals surface area (Å²) in [4.78, 5) is 16.8. The van der Waals surface area contributed by atoms with E-state index in [9.17, 15) is 9.18 Å². The molecule has 158 valence electrons. The minimum Gasteiger partial charge on any atom is -0.467 e. The number of carbonyl (C=O) groups excluding carboxylic acids is 1. The normalized spacial score (nSPS) is 11.0. The van der Waals surface area contributed by atoms with Crippen molar-refractivity contribution in [2.45, 2.75) is 27.2 Å². The maximum atomic E-state index is 13.7. The highest BCUT2D eigenvalue weighted by Crippen LogP contribution is 2.27. The first-order valence-electron chi connectivity index (χ1n) is 10.1. The second kappa shape index (κ2) is 8.55. The lowest BCUT2D eigenvalue weighted by atomic mass is 10.1. The number of carbonyl (C=O) groups is 1. The Kier molecular flexibility index (Phi) is 5.66. The lowest BCUT2D eigenvalue weighted by Gasteiger charge is -2.09. The Morgan fingerprint density at radius 2 is 1.87 bits per heavy atom. The zero-order valence-corrected chi connectivity index (χ0v) is 17.6. The van der Waals surface area contributed by atoms with E-state index in [0.29, 0.717) is 11.5 Å². The third-order valence-electron chi connectivity index (χ3n) is 5.07. The van der Waals surface area contributed by atoms with Gasteiger partial charge in [-0.1, -0.05) is 31.2 Å². The van der Waals surface area contributed by atoms with Crippen molar-refractivity contribution in [3.05, 3.63) is 77.2 Å². The number of hydrogen-bond acceptors (Lipinski definition) is 4. The Labute approximate surface area is 179 Å². The molecule has 0 aliphatic rings. The van der Waals surface area contributed by atoms with Crippen LogP contribution in [0.3, 0.4) is 0 Å². The van der Waals surface area contributed by atoms with Crippen molar-refractivity contribution in [2.24, 2.45) is 0 Å². The van der Waals surface area contributed by atoms with E-state index in [4.69, 9.17) is 4.74 Å². The van der Waals surface area contributed by atoms with Crippen LogP contribution in [0.5, 0.6) is 5.88 Å². The smallest absolute Gasteiger partial charge is 0.262 e. The molecule has 4 aromatic rings. The van der Waals surface area contributed by atoms with Crippen molar-refractivity contribution in [2.75, 3.05) is 11.9 Å². The van der Waals surface area contributed by atoms with Gasteiger partial charge in [-0.05, 0) is 55.7 Å². The topological polar surface area (TPSA) is 69.0 Å². The predicted molar refractivity (Wildman–Crippen MR) is 118 cm³/mol. The minimum atomic E-state index is -0.500. The number of nitrogens with zero attached hydrogens (tertiary/aromatic N) is 3. The van der Waals surface area contributed by atoms with Crippen LogP contribution in [0.15, 0.2) is 54.6 Å². The zero-order chi connectivity index (χ0) is 22.0. The number of rotatable bonds is 6. The second-order valence-corrected chi connectivity index (χ2v) is 7.31. The number of pyridine rings is 1. The van der Waals surface area contributed by atoms with Gasteiger partial charge in [-0.2, -0.15) is 10.1 Å². The number of ether oxygens (including phenoxy) is 1. The van der Waals surface area contributed by atoms with E-state index in [1.165, 1.54) is 17.7 Å². The molecular weight excluding hydrogens is 395 g/mol. The van der Waals surface area contributed by atoms with Gasteiger partial charge in [0.05, 0.1) is 17.1 Å². The van der Waals surface area contributed by atoms with E-state index >= 15 is 0 Å². The molecule has 0 aliphatic carbocycles. The van der Waals surface area contributed by atoms with Crippen molar-refractivity contribution < 1.29 is 13.9 Å². The standard InChI is InChI=1S/C24H23FN4O2/c1-4-17-9-11-18(12-10-17)29-24-23(16(3)28-29)15(2)13-22(27-24)31-14-21(30)26-20-8-6-5-7-19(20)25/h5-13H,4,14H2,1-3H3,(H,26,30). The molecule has 0 fully saturated rings. The zero-order valence-electron chi connectivity index (χ0n) is 17.6. The molecule has 0 saturated carbocycles. The number of amides is 1. The summed E-state index contributed by atoms with van der Waals surface area (Å²) in [6, 6.07) is 15.9. The molecule has 1 N–H and O–H groups in total. The molecule has 0 spiro atoms. The molecule has 7 heteroatoms. The molecule has 2 aromatic heterocycles. The highest BCUT2D eigenvalue weighted by Gasteiger charge is 2.16. The average Bonchev–Trinajstić information content (AvgIpc) is 3.11. The van der Waals surface area contributed by atoms with Crippen molar-refractivity contribution >= 4 is 22.6 Å². The lowest BCUT2D eigenvalue weighted by Crippen LogP contribution is -2.21. The summed E-state index contributed by atoms with van der Waals surface area (Å²) in [5.41, 5.74) is 4.72. The number of para-hydroxylation sites is 1. The van der Waals surface area contributed by atoms with Gasteiger partial charge < -0.3 is 10.1 Å². The predicted octanol–water partition coefficient (Wildman–Crippen LogP) is 4.76. The summed E-state index contributed by atoms with van der Waals surface area (Å²) in [6.45, 7) is 5.72. The number of anilines is 1. The van der Waals surface area contributed by atoms with E-state index in [0.717, 1.165) is 28.8 Å². The third kappa shape index (κ3) is 4.26. The Morgan fingerprint density at radius 1 is 1.13 bits per heavy atom. The Morgan fingerprint density at radius 3 is 2.58 bits per heavy atom. The molecule has 0 radical (unpaired) electrons. The number of nitrogens with one attached hydrogen (secondary N) is 1. The fourth-order valence-electron chi connectivity index (χ4n) is 3.49. The van der Waals surface area contributed by atoms with Crippen LogP contribution in [0.25, 0.3) is 16.7 Å². The maximum absolute atomic E-state index is 13.7. The minimum absolute atomic E-state index is 0.111. The third-order valence-corrected chi connectivity index (χ3v) is 5.07. The average molecular weight is 418 g/mol. The summed E-state index contributed by atoms with van der Waals surface area (Å²) >= 11 is 0. The summed E-state index contributed by atoms with van der Waals surface area (Å²) < 4.78 is 21.1. The maximum Gasteiger partial charge on any atom is 0.262 e. The first-order chi connectivity index (χ1) is 15.0. The molecule has 4 rings (SSSR count). The molecule has 0 saturated heterocycles. The Hall–Kier alpha value is -3.74. The molecule has 0 atom stereocenters. The van der Waals surface area contributed by atoms with Gasteiger partial charge in [0.25, 0.3) is 5.91 Å². The molecule has 1 amide bonds. The molecule has 0 aliphatic heterocycles.